The van der Waals surface area contributed by atoms with Gasteiger partial charge in [-0.25, -0.2) is 9.78 Å². The molecule has 0 bridgehead atoms. The van der Waals surface area contributed by atoms with E-state index in [2.05, 4.69) is 10.3 Å². The Bertz CT molecular complexity index is 793. The molecular weight excluding hydrogens is 320 g/mol. The fraction of sp³-hybridized carbons (Fsp3) is 0.467. The zero-order chi connectivity index (χ0) is 17.0. The highest BCUT2D eigenvalue weighted by atomic mass is 32.1. The molecule has 124 valence electrons. The first-order valence-corrected chi connectivity index (χ1v) is 8.18. The van der Waals surface area contributed by atoms with Crippen LogP contribution in [0.3, 0.4) is 0 Å². The Balaban J connectivity index is 2.30. The number of hydrogen-bond acceptors (Lipinski definition) is 6. The van der Waals surface area contributed by atoms with Gasteiger partial charge in [-0.3, -0.25) is 9.59 Å². The maximum atomic E-state index is 12.1. The van der Waals surface area contributed by atoms with Gasteiger partial charge in [0.1, 0.15) is 10.2 Å². The topological polar surface area (TPSA) is 110 Å². The van der Waals surface area contributed by atoms with Crippen molar-refractivity contribution in [2.24, 2.45) is 0 Å². The van der Waals surface area contributed by atoms with E-state index in [0.29, 0.717) is 33.0 Å². The number of thiophene rings is 1. The van der Waals surface area contributed by atoms with Crippen LogP contribution >= 0.6 is 11.3 Å². The monoisotopic (exact) mass is 338 g/mol. The van der Waals surface area contributed by atoms with Crippen molar-refractivity contribution in [3.05, 3.63) is 26.8 Å². The molecule has 2 heterocycles. The molecule has 0 saturated heterocycles. The molecule has 2 aromatic rings. The van der Waals surface area contributed by atoms with E-state index in [0.717, 1.165) is 24.2 Å². The molecule has 1 amide bonds. The van der Waals surface area contributed by atoms with Gasteiger partial charge in [0.2, 0.25) is 0 Å². The normalized spacial score (nSPS) is 10.9. The Labute approximate surface area is 136 Å². The SMILES string of the molecule is CCCCc1nc2sc(C(=O)NCCC(=O)O)c(C)c2c(=O)o1. The number of fused-ring (bicyclic) bond motifs is 1. The van der Waals surface area contributed by atoms with Crippen molar-refractivity contribution in [3.63, 3.8) is 0 Å². The van der Waals surface area contributed by atoms with E-state index < -0.39 is 17.5 Å². The lowest BCUT2D eigenvalue weighted by Gasteiger charge is -2.01. The lowest BCUT2D eigenvalue weighted by molar-refractivity contribution is -0.136. The van der Waals surface area contributed by atoms with Crippen LogP contribution in [0, 0.1) is 6.92 Å². The van der Waals surface area contributed by atoms with E-state index in [1.165, 1.54) is 0 Å². The van der Waals surface area contributed by atoms with E-state index in [-0.39, 0.29) is 13.0 Å². The van der Waals surface area contributed by atoms with Crippen molar-refractivity contribution in [2.45, 2.75) is 39.5 Å². The molecule has 0 aliphatic carbocycles. The first-order valence-electron chi connectivity index (χ1n) is 7.37. The summed E-state index contributed by atoms with van der Waals surface area (Å²) in [5.74, 6) is -1.01. The summed E-state index contributed by atoms with van der Waals surface area (Å²) in [6, 6.07) is 0. The van der Waals surface area contributed by atoms with Gasteiger partial charge in [0.25, 0.3) is 5.91 Å². The highest BCUT2D eigenvalue weighted by Gasteiger charge is 2.20. The molecule has 0 unspecified atom stereocenters. The standard InChI is InChI=1S/C15H18N2O5S/c1-3-4-5-9-17-14-11(15(21)22-9)8(2)12(23-14)13(20)16-7-6-10(18)19/h3-7H2,1-2H3,(H,16,20)(H,18,19). The van der Waals surface area contributed by atoms with Crippen molar-refractivity contribution in [1.82, 2.24) is 10.3 Å². The molecule has 2 N–H and O–H groups in total. The number of nitrogens with zero attached hydrogens (tertiary/aromatic N) is 1. The summed E-state index contributed by atoms with van der Waals surface area (Å²) in [6.07, 6.45) is 2.26. The summed E-state index contributed by atoms with van der Waals surface area (Å²) in [4.78, 5) is 39.9. The number of aryl methyl sites for hydroxylation is 2. The lowest BCUT2D eigenvalue weighted by atomic mass is 10.2. The fourth-order valence-electron chi connectivity index (χ4n) is 2.13. The Kier molecular flexibility index (Phi) is 5.49. The zero-order valence-corrected chi connectivity index (χ0v) is 13.8. The largest absolute Gasteiger partial charge is 0.481 e. The molecule has 8 heteroatoms. The Morgan fingerprint density at radius 1 is 1.39 bits per heavy atom. The Hall–Kier alpha value is -2.22. The molecule has 2 aromatic heterocycles. The lowest BCUT2D eigenvalue weighted by Crippen LogP contribution is -2.25. The molecule has 0 atom stereocenters. The average molecular weight is 338 g/mol. The Morgan fingerprint density at radius 2 is 2.13 bits per heavy atom. The average Bonchev–Trinajstić information content (AvgIpc) is 2.82. The molecule has 0 aliphatic heterocycles. The second kappa shape index (κ2) is 7.36. The summed E-state index contributed by atoms with van der Waals surface area (Å²) in [5, 5.41) is 11.4. The summed E-state index contributed by atoms with van der Waals surface area (Å²) in [7, 11) is 0. The highest BCUT2D eigenvalue weighted by Crippen LogP contribution is 2.27. The van der Waals surface area contributed by atoms with Crippen LogP contribution in [-0.2, 0) is 11.2 Å². The van der Waals surface area contributed by atoms with Crippen molar-refractivity contribution in [3.8, 4) is 0 Å². The molecule has 0 saturated carbocycles. The van der Waals surface area contributed by atoms with Crippen LogP contribution in [0.1, 0.15) is 47.3 Å². The molecule has 0 aliphatic rings. The van der Waals surface area contributed by atoms with Gasteiger partial charge in [-0.1, -0.05) is 13.3 Å². The molecule has 0 aromatic carbocycles. The summed E-state index contributed by atoms with van der Waals surface area (Å²) in [6.45, 7) is 3.73. The fourth-order valence-corrected chi connectivity index (χ4v) is 3.23. The van der Waals surface area contributed by atoms with Crippen LogP contribution in [0.25, 0.3) is 10.2 Å². The second-order valence-corrected chi connectivity index (χ2v) is 6.13. The van der Waals surface area contributed by atoms with Crippen LogP contribution in [0.4, 0.5) is 0 Å². The first kappa shape index (κ1) is 17.1. The number of aliphatic carboxylic acids is 1. The van der Waals surface area contributed by atoms with Crippen molar-refractivity contribution in [1.29, 1.82) is 0 Å². The van der Waals surface area contributed by atoms with Gasteiger partial charge in [0.05, 0.1) is 11.3 Å². The minimum absolute atomic E-state index is 0.0334. The first-order chi connectivity index (χ1) is 10.9. The van der Waals surface area contributed by atoms with Gasteiger partial charge in [-0.2, -0.15) is 0 Å². The van der Waals surface area contributed by atoms with E-state index >= 15 is 0 Å². The van der Waals surface area contributed by atoms with Gasteiger partial charge < -0.3 is 14.8 Å². The van der Waals surface area contributed by atoms with Crippen molar-refractivity contribution in [2.75, 3.05) is 6.54 Å². The maximum Gasteiger partial charge on any atom is 0.348 e. The third kappa shape index (κ3) is 3.95. The molecule has 0 fully saturated rings. The van der Waals surface area contributed by atoms with Crippen molar-refractivity contribution >= 4 is 33.4 Å². The van der Waals surface area contributed by atoms with E-state index in [1.54, 1.807) is 6.92 Å². The highest BCUT2D eigenvalue weighted by molar-refractivity contribution is 7.20. The number of unbranched alkanes of at least 4 members (excludes halogenated alkanes) is 1. The number of aromatic nitrogens is 1. The second-order valence-electron chi connectivity index (χ2n) is 5.13. The number of carboxylic acids is 1. The number of rotatable bonds is 7. The Morgan fingerprint density at radius 3 is 2.78 bits per heavy atom. The molecule has 23 heavy (non-hydrogen) atoms. The predicted octanol–water partition coefficient (Wildman–Crippen LogP) is 2.11. The third-order valence-corrected chi connectivity index (χ3v) is 4.53. The van der Waals surface area contributed by atoms with Crippen LogP contribution < -0.4 is 10.9 Å². The van der Waals surface area contributed by atoms with Crippen LogP contribution in [0.2, 0.25) is 0 Å². The van der Waals surface area contributed by atoms with Crippen LogP contribution in [-0.4, -0.2) is 28.5 Å². The molecular formula is C15H18N2O5S. The van der Waals surface area contributed by atoms with E-state index in [1.807, 2.05) is 6.92 Å². The number of carbonyl (C=O) groups is 2. The molecule has 2 rings (SSSR count). The number of hydrogen-bond donors (Lipinski definition) is 2. The van der Waals surface area contributed by atoms with Crippen molar-refractivity contribution < 1.29 is 19.1 Å². The summed E-state index contributed by atoms with van der Waals surface area (Å²) >= 11 is 1.12. The van der Waals surface area contributed by atoms with Gasteiger partial charge in [0.15, 0.2) is 5.89 Å². The van der Waals surface area contributed by atoms with Crippen LogP contribution in [0.5, 0.6) is 0 Å². The van der Waals surface area contributed by atoms with Gasteiger partial charge in [-0.15, -0.1) is 11.3 Å². The van der Waals surface area contributed by atoms with Gasteiger partial charge >= 0.3 is 11.6 Å². The van der Waals surface area contributed by atoms with Gasteiger partial charge in [0, 0.05) is 13.0 Å². The number of amides is 1. The maximum absolute atomic E-state index is 12.1. The smallest absolute Gasteiger partial charge is 0.348 e. The number of carboxylic acid groups (broad SMARTS) is 1. The van der Waals surface area contributed by atoms with Crippen LogP contribution in [0.15, 0.2) is 9.21 Å². The van der Waals surface area contributed by atoms with Gasteiger partial charge in [-0.05, 0) is 18.9 Å². The minimum Gasteiger partial charge on any atom is -0.481 e. The predicted molar refractivity (Wildman–Crippen MR) is 86.1 cm³/mol. The number of nitrogens with one attached hydrogen (secondary N) is 1. The summed E-state index contributed by atoms with van der Waals surface area (Å²) < 4.78 is 5.21. The molecule has 7 nitrogen and oxygen atoms in total. The number of carbonyl (C=O) groups excluding carboxylic acids is 1. The van der Waals surface area contributed by atoms with E-state index in [4.69, 9.17) is 9.52 Å². The van der Waals surface area contributed by atoms with E-state index in [9.17, 15) is 14.4 Å². The summed E-state index contributed by atoms with van der Waals surface area (Å²) in [5.41, 5.74) is 0.0283. The minimum atomic E-state index is -0.985. The molecule has 0 spiro atoms. The third-order valence-electron chi connectivity index (χ3n) is 3.34. The zero-order valence-electron chi connectivity index (χ0n) is 13.0. The molecule has 0 radical (unpaired) electrons. The quantitative estimate of drug-likeness (QED) is 0.800.